The van der Waals surface area contributed by atoms with Crippen molar-refractivity contribution in [1.82, 2.24) is 4.98 Å². The molecule has 0 unspecified atom stereocenters. The Morgan fingerprint density at radius 2 is 2.10 bits per heavy atom. The molecule has 0 aliphatic heterocycles. The van der Waals surface area contributed by atoms with E-state index in [1.807, 2.05) is 23.6 Å². The first-order chi connectivity index (χ1) is 9.75. The lowest BCUT2D eigenvalue weighted by molar-refractivity contribution is 0.0685. The Bertz CT molecular complexity index is 766. The van der Waals surface area contributed by atoms with Gasteiger partial charge in [-0.2, -0.15) is 0 Å². The number of aromatic nitrogens is 1. The SMILES string of the molecule is O=C(O)c1ncccc1OCc1csc2ccccc12. The average Bonchev–Trinajstić information content (AvgIpc) is 2.88. The number of hydrogen-bond donors (Lipinski definition) is 1. The van der Waals surface area contributed by atoms with Crippen LogP contribution in [-0.4, -0.2) is 16.1 Å². The Morgan fingerprint density at radius 3 is 2.95 bits per heavy atom. The van der Waals surface area contributed by atoms with E-state index in [4.69, 9.17) is 9.84 Å². The Kier molecular flexibility index (Phi) is 3.35. The number of benzene rings is 1. The van der Waals surface area contributed by atoms with Crippen LogP contribution in [0.4, 0.5) is 0 Å². The number of rotatable bonds is 4. The third-order valence-electron chi connectivity index (χ3n) is 2.92. The summed E-state index contributed by atoms with van der Waals surface area (Å²) in [6.45, 7) is 0.329. The summed E-state index contributed by atoms with van der Waals surface area (Å²) in [6, 6.07) is 11.3. The second-order valence-corrected chi connectivity index (χ2v) is 5.11. The van der Waals surface area contributed by atoms with Crippen molar-refractivity contribution in [3.05, 3.63) is 59.2 Å². The maximum absolute atomic E-state index is 11.1. The van der Waals surface area contributed by atoms with Crippen molar-refractivity contribution in [3.63, 3.8) is 0 Å². The van der Waals surface area contributed by atoms with Gasteiger partial charge in [0.25, 0.3) is 0 Å². The maximum Gasteiger partial charge on any atom is 0.358 e. The molecule has 2 heterocycles. The number of aromatic carboxylic acids is 1. The van der Waals surface area contributed by atoms with E-state index in [0.29, 0.717) is 6.61 Å². The molecule has 100 valence electrons. The molecule has 1 aromatic carbocycles. The van der Waals surface area contributed by atoms with Gasteiger partial charge in [-0.3, -0.25) is 0 Å². The topological polar surface area (TPSA) is 59.4 Å². The first kappa shape index (κ1) is 12.6. The standard InChI is InChI=1S/C15H11NO3S/c17-15(18)14-12(5-3-7-16-14)19-8-10-9-20-13-6-2-1-4-11(10)13/h1-7,9H,8H2,(H,17,18). The van der Waals surface area contributed by atoms with E-state index >= 15 is 0 Å². The zero-order chi connectivity index (χ0) is 13.9. The quantitative estimate of drug-likeness (QED) is 0.796. The van der Waals surface area contributed by atoms with Gasteiger partial charge in [-0.1, -0.05) is 18.2 Å². The predicted molar refractivity (Wildman–Crippen MR) is 77.4 cm³/mol. The van der Waals surface area contributed by atoms with Gasteiger partial charge in [0.15, 0.2) is 11.4 Å². The molecule has 2 aromatic heterocycles. The van der Waals surface area contributed by atoms with Crippen LogP contribution in [0, 0.1) is 0 Å². The van der Waals surface area contributed by atoms with Crippen molar-refractivity contribution < 1.29 is 14.6 Å². The van der Waals surface area contributed by atoms with Crippen molar-refractivity contribution in [2.45, 2.75) is 6.61 Å². The molecule has 0 amide bonds. The number of carbonyl (C=O) groups is 1. The third-order valence-corrected chi connectivity index (χ3v) is 3.93. The molecule has 0 spiro atoms. The van der Waals surface area contributed by atoms with Crippen LogP contribution < -0.4 is 4.74 Å². The summed E-state index contributed by atoms with van der Waals surface area (Å²) < 4.78 is 6.80. The monoisotopic (exact) mass is 285 g/mol. The molecule has 5 heteroatoms. The Labute approximate surface area is 119 Å². The number of pyridine rings is 1. The summed E-state index contributed by atoms with van der Waals surface area (Å²) >= 11 is 1.65. The molecule has 0 aliphatic rings. The van der Waals surface area contributed by atoms with Crippen LogP contribution in [0.1, 0.15) is 16.1 Å². The van der Waals surface area contributed by atoms with Crippen molar-refractivity contribution in [1.29, 1.82) is 0 Å². The fourth-order valence-corrected chi connectivity index (χ4v) is 2.92. The van der Waals surface area contributed by atoms with Gasteiger partial charge in [0, 0.05) is 16.5 Å². The lowest BCUT2D eigenvalue weighted by Gasteiger charge is -2.07. The van der Waals surface area contributed by atoms with Crippen LogP contribution >= 0.6 is 11.3 Å². The second kappa shape index (κ2) is 5.30. The Hall–Kier alpha value is -2.40. The van der Waals surface area contributed by atoms with Gasteiger partial charge in [-0.15, -0.1) is 11.3 Å². The molecule has 4 nitrogen and oxygen atoms in total. The van der Waals surface area contributed by atoms with Gasteiger partial charge in [0.1, 0.15) is 6.61 Å². The summed E-state index contributed by atoms with van der Waals surface area (Å²) in [6.07, 6.45) is 1.44. The molecule has 20 heavy (non-hydrogen) atoms. The van der Waals surface area contributed by atoms with Gasteiger partial charge in [-0.25, -0.2) is 9.78 Å². The Balaban J connectivity index is 1.85. The van der Waals surface area contributed by atoms with Crippen LogP contribution in [0.15, 0.2) is 48.0 Å². The molecule has 0 saturated carbocycles. The van der Waals surface area contributed by atoms with E-state index in [1.54, 1.807) is 23.5 Å². The molecule has 0 radical (unpaired) electrons. The van der Waals surface area contributed by atoms with Crippen molar-refractivity contribution in [3.8, 4) is 5.75 Å². The fraction of sp³-hybridized carbons (Fsp3) is 0.0667. The highest BCUT2D eigenvalue weighted by Gasteiger charge is 2.13. The minimum Gasteiger partial charge on any atom is -0.486 e. The van der Waals surface area contributed by atoms with E-state index in [9.17, 15) is 4.79 Å². The number of fused-ring (bicyclic) bond motifs is 1. The normalized spacial score (nSPS) is 10.6. The van der Waals surface area contributed by atoms with Gasteiger partial charge in [-0.05, 0) is 29.0 Å². The van der Waals surface area contributed by atoms with Crippen LogP contribution in [0.3, 0.4) is 0 Å². The molecular formula is C15H11NO3S. The van der Waals surface area contributed by atoms with Crippen LogP contribution in [0.5, 0.6) is 5.75 Å². The third kappa shape index (κ3) is 2.35. The molecule has 0 atom stereocenters. The first-order valence-corrected chi connectivity index (χ1v) is 6.90. The largest absolute Gasteiger partial charge is 0.486 e. The number of carboxylic acids is 1. The molecular weight excluding hydrogens is 274 g/mol. The minimum absolute atomic E-state index is 0.0629. The summed E-state index contributed by atoms with van der Waals surface area (Å²) in [5, 5.41) is 12.2. The maximum atomic E-state index is 11.1. The molecule has 1 N–H and O–H groups in total. The Morgan fingerprint density at radius 1 is 1.25 bits per heavy atom. The van der Waals surface area contributed by atoms with Gasteiger partial charge in [0.2, 0.25) is 0 Å². The summed E-state index contributed by atoms with van der Waals surface area (Å²) in [7, 11) is 0. The van der Waals surface area contributed by atoms with E-state index in [-0.39, 0.29) is 11.4 Å². The summed E-state index contributed by atoms with van der Waals surface area (Å²) in [5.41, 5.74) is 0.984. The van der Waals surface area contributed by atoms with Crippen molar-refractivity contribution in [2.24, 2.45) is 0 Å². The lowest BCUT2D eigenvalue weighted by Crippen LogP contribution is -2.05. The van der Waals surface area contributed by atoms with E-state index in [1.165, 1.54) is 10.9 Å². The molecule has 0 fully saturated rings. The van der Waals surface area contributed by atoms with Crippen LogP contribution in [0.25, 0.3) is 10.1 Å². The zero-order valence-corrected chi connectivity index (χ0v) is 11.3. The number of nitrogens with zero attached hydrogens (tertiary/aromatic N) is 1. The van der Waals surface area contributed by atoms with Gasteiger partial charge >= 0.3 is 5.97 Å². The molecule has 3 aromatic rings. The summed E-state index contributed by atoms with van der Waals surface area (Å²) in [4.78, 5) is 14.9. The molecule has 0 bridgehead atoms. The predicted octanol–water partition coefficient (Wildman–Crippen LogP) is 3.57. The number of hydrogen-bond acceptors (Lipinski definition) is 4. The van der Waals surface area contributed by atoms with Crippen molar-refractivity contribution >= 4 is 27.4 Å². The first-order valence-electron chi connectivity index (χ1n) is 6.02. The highest BCUT2D eigenvalue weighted by molar-refractivity contribution is 7.17. The number of thiophene rings is 1. The minimum atomic E-state index is -1.09. The van der Waals surface area contributed by atoms with Gasteiger partial charge < -0.3 is 9.84 Å². The number of ether oxygens (including phenoxy) is 1. The van der Waals surface area contributed by atoms with Gasteiger partial charge in [0.05, 0.1) is 0 Å². The van der Waals surface area contributed by atoms with E-state index in [0.717, 1.165) is 10.9 Å². The van der Waals surface area contributed by atoms with Crippen LogP contribution in [0.2, 0.25) is 0 Å². The van der Waals surface area contributed by atoms with Crippen LogP contribution in [-0.2, 0) is 6.61 Å². The average molecular weight is 285 g/mol. The smallest absolute Gasteiger partial charge is 0.358 e. The molecule has 3 rings (SSSR count). The van der Waals surface area contributed by atoms with E-state index in [2.05, 4.69) is 11.1 Å². The molecule has 0 aliphatic carbocycles. The fourth-order valence-electron chi connectivity index (χ4n) is 1.97. The highest BCUT2D eigenvalue weighted by Crippen LogP contribution is 2.27. The summed E-state index contributed by atoms with van der Waals surface area (Å²) in [5.74, 6) is -0.800. The van der Waals surface area contributed by atoms with E-state index < -0.39 is 5.97 Å². The lowest BCUT2D eigenvalue weighted by atomic mass is 10.2. The zero-order valence-electron chi connectivity index (χ0n) is 10.4. The van der Waals surface area contributed by atoms with Crippen molar-refractivity contribution in [2.75, 3.05) is 0 Å². The highest BCUT2D eigenvalue weighted by atomic mass is 32.1. The molecule has 0 saturated heterocycles. The number of carboxylic acid groups (broad SMARTS) is 1. The second-order valence-electron chi connectivity index (χ2n) is 4.20.